The van der Waals surface area contributed by atoms with Crippen molar-refractivity contribution in [2.45, 2.75) is 51.7 Å². The lowest BCUT2D eigenvalue weighted by molar-refractivity contribution is -0.127. The van der Waals surface area contributed by atoms with Crippen molar-refractivity contribution in [3.63, 3.8) is 0 Å². The standard InChI is InChI=1S/C12H24N2O2/c1-9(4-6-13)11(15)14-10-5-7-16-12(2,3)8-10/h9-10H,4-8,13H2,1-3H3,(H,14,15). The van der Waals surface area contributed by atoms with Crippen LogP contribution in [0.15, 0.2) is 0 Å². The molecule has 16 heavy (non-hydrogen) atoms. The quantitative estimate of drug-likeness (QED) is 0.756. The largest absolute Gasteiger partial charge is 0.375 e. The van der Waals surface area contributed by atoms with E-state index in [4.69, 9.17) is 10.5 Å². The van der Waals surface area contributed by atoms with E-state index in [9.17, 15) is 4.79 Å². The fraction of sp³-hybridized carbons (Fsp3) is 0.917. The Morgan fingerprint density at radius 2 is 2.31 bits per heavy atom. The predicted octanol–water partition coefficient (Wildman–Crippen LogP) is 1.05. The number of hydrogen-bond acceptors (Lipinski definition) is 3. The van der Waals surface area contributed by atoms with Crippen LogP contribution in [0.5, 0.6) is 0 Å². The van der Waals surface area contributed by atoms with E-state index in [0.29, 0.717) is 6.54 Å². The zero-order valence-corrected chi connectivity index (χ0v) is 10.6. The van der Waals surface area contributed by atoms with Gasteiger partial charge in [0.05, 0.1) is 5.60 Å². The van der Waals surface area contributed by atoms with Gasteiger partial charge in [0.1, 0.15) is 0 Å². The third kappa shape index (κ3) is 4.10. The van der Waals surface area contributed by atoms with Gasteiger partial charge in [0, 0.05) is 18.6 Å². The first-order valence-corrected chi connectivity index (χ1v) is 6.09. The number of carbonyl (C=O) groups excluding carboxylic acids is 1. The zero-order chi connectivity index (χ0) is 12.2. The Hall–Kier alpha value is -0.610. The van der Waals surface area contributed by atoms with Gasteiger partial charge in [-0.3, -0.25) is 4.79 Å². The van der Waals surface area contributed by atoms with Crippen molar-refractivity contribution in [3.8, 4) is 0 Å². The Labute approximate surface area is 97.9 Å². The van der Waals surface area contributed by atoms with Gasteiger partial charge in [-0.05, 0) is 39.7 Å². The SMILES string of the molecule is CC(CCN)C(=O)NC1CCOC(C)(C)C1. The van der Waals surface area contributed by atoms with Gasteiger partial charge in [0.25, 0.3) is 0 Å². The molecule has 0 aromatic carbocycles. The molecule has 0 radical (unpaired) electrons. The highest BCUT2D eigenvalue weighted by atomic mass is 16.5. The van der Waals surface area contributed by atoms with Crippen molar-refractivity contribution >= 4 is 5.91 Å². The summed E-state index contributed by atoms with van der Waals surface area (Å²) in [5, 5.41) is 3.08. The van der Waals surface area contributed by atoms with Crippen molar-refractivity contribution in [2.75, 3.05) is 13.2 Å². The summed E-state index contributed by atoms with van der Waals surface area (Å²) in [5.74, 6) is 0.129. The molecular formula is C12H24N2O2. The molecule has 0 aliphatic carbocycles. The summed E-state index contributed by atoms with van der Waals surface area (Å²) in [6, 6.07) is 0.247. The molecular weight excluding hydrogens is 204 g/mol. The molecule has 1 fully saturated rings. The second-order valence-corrected chi connectivity index (χ2v) is 5.28. The predicted molar refractivity (Wildman–Crippen MR) is 64.0 cm³/mol. The van der Waals surface area contributed by atoms with Crippen molar-refractivity contribution in [1.29, 1.82) is 0 Å². The third-order valence-corrected chi connectivity index (χ3v) is 3.09. The summed E-state index contributed by atoms with van der Waals surface area (Å²) in [6.45, 7) is 7.34. The van der Waals surface area contributed by atoms with Gasteiger partial charge in [-0.1, -0.05) is 6.92 Å². The topological polar surface area (TPSA) is 64.4 Å². The molecule has 1 heterocycles. The van der Waals surface area contributed by atoms with Gasteiger partial charge >= 0.3 is 0 Å². The Morgan fingerprint density at radius 3 is 2.88 bits per heavy atom. The third-order valence-electron chi connectivity index (χ3n) is 3.09. The van der Waals surface area contributed by atoms with Gasteiger partial charge in [-0.25, -0.2) is 0 Å². The van der Waals surface area contributed by atoms with Crippen LogP contribution in [-0.4, -0.2) is 30.7 Å². The Kier molecular flexibility index (Phi) is 4.74. The van der Waals surface area contributed by atoms with Gasteiger partial charge in [0.15, 0.2) is 0 Å². The van der Waals surface area contributed by atoms with Crippen molar-refractivity contribution in [1.82, 2.24) is 5.32 Å². The van der Waals surface area contributed by atoms with E-state index in [2.05, 4.69) is 19.2 Å². The summed E-state index contributed by atoms with van der Waals surface area (Å²) in [4.78, 5) is 11.8. The molecule has 1 saturated heterocycles. The molecule has 0 aromatic heterocycles. The summed E-state index contributed by atoms with van der Waals surface area (Å²) >= 11 is 0. The minimum Gasteiger partial charge on any atom is -0.375 e. The van der Waals surface area contributed by atoms with Crippen LogP contribution in [0.3, 0.4) is 0 Å². The van der Waals surface area contributed by atoms with Gasteiger partial charge in [0.2, 0.25) is 5.91 Å². The smallest absolute Gasteiger partial charge is 0.223 e. The maximum Gasteiger partial charge on any atom is 0.223 e. The second kappa shape index (κ2) is 5.64. The van der Waals surface area contributed by atoms with Crippen molar-refractivity contribution in [3.05, 3.63) is 0 Å². The van der Waals surface area contributed by atoms with Crippen LogP contribution in [0, 0.1) is 5.92 Å². The molecule has 1 aliphatic heterocycles. The molecule has 3 N–H and O–H groups in total. The maximum absolute atomic E-state index is 11.8. The highest BCUT2D eigenvalue weighted by Crippen LogP contribution is 2.24. The number of ether oxygens (including phenoxy) is 1. The van der Waals surface area contributed by atoms with Crippen LogP contribution in [0.1, 0.15) is 40.0 Å². The zero-order valence-electron chi connectivity index (χ0n) is 10.6. The minimum absolute atomic E-state index is 0.0101. The highest BCUT2D eigenvalue weighted by Gasteiger charge is 2.30. The van der Waals surface area contributed by atoms with Gasteiger partial charge < -0.3 is 15.8 Å². The second-order valence-electron chi connectivity index (χ2n) is 5.28. The Morgan fingerprint density at radius 1 is 1.62 bits per heavy atom. The van der Waals surface area contributed by atoms with E-state index in [-0.39, 0.29) is 23.5 Å². The molecule has 4 nitrogen and oxygen atoms in total. The number of hydrogen-bond donors (Lipinski definition) is 2. The van der Waals surface area contributed by atoms with E-state index in [1.807, 2.05) is 6.92 Å². The van der Waals surface area contributed by atoms with Crippen LogP contribution < -0.4 is 11.1 Å². The van der Waals surface area contributed by atoms with Crippen LogP contribution in [0.25, 0.3) is 0 Å². The fourth-order valence-electron chi connectivity index (χ4n) is 2.08. The Balaban J connectivity index is 2.39. The molecule has 0 aromatic rings. The average Bonchev–Trinajstić information content (AvgIpc) is 2.16. The monoisotopic (exact) mass is 228 g/mol. The summed E-state index contributed by atoms with van der Waals surface area (Å²) in [6.07, 6.45) is 2.54. The van der Waals surface area contributed by atoms with Gasteiger partial charge in [-0.2, -0.15) is 0 Å². The van der Waals surface area contributed by atoms with Crippen molar-refractivity contribution < 1.29 is 9.53 Å². The summed E-state index contributed by atoms with van der Waals surface area (Å²) in [7, 11) is 0. The average molecular weight is 228 g/mol. The normalized spacial score (nSPS) is 26.1. The van der Waals surface area contributed by atoms with E-state index < -0.39 is 0 Å². The lowest BCUT2D eigenvalue weighted by Crippen LogP contribution is -2.47. The van der Waals surface area contributed by atoms with E-state index in [1.165, 1.54) is 0 Å². The first kappa shape index (κ1) is 13.5. The number of nitrogens with one attached hydrogen (secondary N) is 1. The highest BCUT2D eigenvalue weighted by molar-refractivity contribution is 5.78. The molecule has 0 saturated carbocycles. The molecule has 4 heteroatoms. The number of nitrogens with two attached hydrogens (primary N) is 1. The summed E-state index contributed by atoms with van der Waals surface area (Å²) in [5.41, 5.74) is 5.33. The molecule has 0 bridgehead atoms. The molecule has 1 aliphatic rings. The lowest BCUT2D eigenvalue weighted by Gasteiger charge is -2.36. The summed E-state index contributed by atoms with van der Waals surface area (Å²) < 4.78 is 5.61. The molecule has 0 spiro atoms. The molecule has 2 atom stereocenters. The first-order valence-electron chi connectivity index (χ1n) is 6.09. The lowest BCUT2D eigenvalue weighted by atomic mass is 9.93. The van der Waals surface area contributed by atoms with Crippen molar-refractivity contribution in [2.24, 2.45) is 11.7 Å². The van der Waals surface area contributed by atoms with Gasteiger partial charge in [-0.15, -0.1) is 0 Å². The molecule has 2 unspecified atom stereocenters. The maximum atomic E-state index is 11.8. The van der Waals surface area contributed by atoms with E-state index in [0.717, 1.165) is 25.9 Å². The molecule has 94 valence electrons. The first-order chi connectivity index (χ1) is 7.44. The van der Waals surface area contributed by atoms with Crippen LogP contribution >= 0.6 is 0 Å². The molecule has 1 rings (SSSR count). The van der Waals surface area contributed by atoms with E-state index in [1.54, 1.807) is 0 Å². The fourth-order valence-corrected chi connectivity index (χ4v) is 2.08. The van der Waals surface area contributed by atoms with E-state index >= 15 is 0 Å². The van der Waals surface area contributed by atoms with Crippen LogP contribution in [-0.2, 0) is 9.53 Å². The number of rotatable bonds is 4. The minimum atomic E-state index is -0.118. The van der Waals surface area contributed by atoms with Crippen LogP contribution in [0.2, 0.25) is 0 Å². The Bertz CT molecular complexity index is 241. The van der Waals surface area contributed by atoms with Crippen LogP contribution in [0.4, 0.5) is 0 Å². The number of amides is 1. The number of carbonyl (C=O) groups is 1. The molecule has 1 amide bonds.